The van der Waals surface area contributed by atoms with Gasteiger partial charge in [0, 0.05) is 11.6 Å². The van der Waals surface area contributed by atoms with Gasteiger partial charge in [0.2, 0.25) is 0 Å². The number of aliphatic hydroxyl groups is 2. The molecule has 0 saturated heterocycles. The van der Waals surface area contributed by atoms with E-state index in [0.29, 0.717) is 12.5 Å². The Kier molecular flexibility index (Phi) is 16.0. The third-order valence-corrected chi connectivity index (χ3v) is 28.9. The summed E-state index contributed by atoms with van der Waals surface area (Å²) >= 11 is 0. The van der Waals surface area contributed by atoms with Crippen molar-refractivity contribution in [2.45, 2.75) is 136 Å². The molecule has 0 aliphatic rings. The highest BCUT2D eigenvalue weighted by Gasteiger charge is 2.56. The van der Waals surface area contributed by atoms with Crippen molar-refractivity contribution < 1.29 is 44.4 Å². The van der Waals surface area contributed by atoms with Crippen LogP contribution < -0.4 is 0 Å². The molecule has 10 nitrogen and oxygen atoms in total. The number of aliphatic hydroxyl groups excluding tert-OH is 2. The second-order valence-corrected chi connectivity index (χ2v) is 43.0. The van der Waals surface area contributed by atoms with Crippen LogP contribution in [0.1, 0.15) is 19.8 Å². The first-order valence-electron chi connectivity index (χ1n) is 14.8. The molecule has 0 fully saturated rings. The summed E-state index contributed by atoms with van der Waals surface area (Å²) in [6.45, 7) is 35.9. The average Bonchev–Trinajstić information content (AvgIpc) is 2.64. The summed E-state index contributed by atoms with van der Waals surface area (Å²) in [6.07, 6.45) is -1.48. The maximum Gasteiger partial charge on any atom is 0.474 e. The van der Waals surface area contributed by atoms with Crippen LogP contribution in [0.25, 0.3) is 0 Å². The minimum absolute atomic E-state index is 0.215. The normalized spacial score (nSPS) is 15.9. The van der Waals surface area contributed by atoms with Gasteiger partial charge in [-0.25, -0.2) is 4.79 Å². The van der Waals surface area contributed by atoms with E-state index in [1.165, 1.54) is 0 Å². The maximum atomic E-state index is 12.3. The minimum Gasteiger partial charge on any atom is -0.456 e. The van der Waals surface area contributed by atoms with Gasteiger partial charge in [-0.15, -0.1) is 0 Å². The van der Waals surface area contributed by atoms with Gasteiger partial charge in [0.15, 0.2) is 25.0 Å². The Bertz CT molecular complexity index is 806. The number of esters is 1. The topological polar surface area (TPSA) is 122 Å². The Hall–Kier alpha value is 0.408. The van der Waals surface area contributed by atoms with Gasteiger partial charge < -0.3 is 39.6 Å². The van der Waals surface area contributed by atoms with Gasteiger partial charge in [0.1, 0.15) is 12.2 Å². The van der Waals surface area contributed by atoms with Gasteiger partial charge in [0.05, 0.1) is 6.61 Å². The molecule has 0 rings (SSSR count). The molecule has 0 saturated carbocycles. The Balaban J connectivity index is 6.77. The van der Waals surface area contributed by atoms with Gasteiger partial charge in [0.25, 0.3) is 0 Å². The predicted molar refractivity (Wildman–Crippen MR) is 187 cm³/mol. The summed E-state index contributed by atoms with van der Waals surface area (Å²) in [7, 11) is -18.0. The molecule has 0 aliphatic carbocycles. The molecular weight excluding hydrogens is 657 g/mol. The zero-order chi connectivity index (χ0) is 33.6. The molecular formula is C25H62O10Si7. The smallest absolute Gasteiger partial charge is 0.456 e. The van der Waals surface area contributed by atoms with Gasteiger partial charge >= 0.3 is 40.5 Å². The molecule has 0 spiro atoms. The molecule has 17 heteroatoms. The van der Waals surface area contributed by atoms with Crippen molar-refractivity contribution in [2.75, 3.05) is 6.61 Å². The van der Waals surface area contributed by atoms with E-state index in [4.69, 9.17) is 29.4 Å². The Morgan fingerprint density at radius 2 is 1.00 bits per heavy atom. The first kappa shape index (κ1) is 42.4. The molecule has 0 aliphatic heterocycles. The van der Waals surface area contributed by atoms with Crippen LogP contribution in [0.5, 0.6) is 0 Å². The van der Waals surface area contributed by atoms with Crippen LogP contribution in [-0.4, -0.2) is 94.4 Å². The highest BCUT2D eigenvalue weighted by molar-refractivity contribution is 6.92. The fraction of sp³-hybridized carbons (Fsp3) is 0.880. The summed E-state index contributed by atoms with van der Waals surface area (Å²) in [5, 5.41) is 20.1. The van der Waals surface area contributed by atoms with Gasteiger partial charge in [-0.3, -0.25) is 0 Å². The predicted octanol–water partition coefficient (Wildman–Crippen LogP) is 6.26. The molecule has 0 heterocycles. The van der Waals surface area contributed by atoms with E-state index in [1.807, 2.05) is 39.3 Å². The van der Waals surface area contributed by atoms with Crippen LogP contribution in [0.3, 0.4) is 0 Å². The molecule has 0 bridgehead atoms. The Morgan fingerprint density at radius 3 is 1.26 bits per heavy atom. The maximum absolute atomic E-state index is 12.3. The van der Waals surface area contributed by atoms with E-state index < -0.39 is 84.2 Å². The number of ether oxygens (including phenoxy) is 1. The molecule has 0 aromatic heterocycles. The fourth-order valence-electron chi connectivity index (χ4n) is 4.82. The summed E-state index contributed by atoms with van der Waals surface area (Å²) in [5.41, 5.74) is 0.215. The second-order valence-electron chi connectivity index (χ2n) is 15.2. The van der Waals surface area contributed by atoms with Gasteiger partial charge in [-0.05, 0) is 118 Å². The van der Waals surface area contributed by atoms with E-state index in [9.17, 15) is 15.0 Å². The molecule has 0 amide bonds. The lowest BCUT2D eigenvalue weighted by Gasteiger charge is -2.46. The van der Waals surface area contributed by atoms with E-state index in [-0.39, 0.29) is 12.0 Å². The van der Waals surface area contributed by atoms with Crippen molar-refractivity contribution in [1.82, 2.24) is 0 Å². The van der Waals surface area contributed by atoms with Crippen molar-refractivity contribution in [3.8, 4) is 0 Å². The Morgan fingerprint density at radius 1 is 0.667 bits per heavy atom. The van der Waals surface area contributed by atoms with Gasteiger partial charge in [-0.2, -0.15) is 0 Å². The summed E-state index contributed by atoms with van der Waals surface area (Å²) in [4.78, 5) is 12.3. The number of hydrogen-bond acceptors (Lipinski definition) is 10. The number of hydrogen-bond donors (Lipinski definition) is 2. The fourth-order valence-corrected chi connectivity index (χ4v) is 36.6. The quantitative estimate of drug-likeness (QED) is 0.0848. The van der Waals surface area contributed by atoms with Crippen molar-refractivity contribution >= 4 is 65.4 Å². The van der Waals surface area contributed by atoms with Crippen LogP contribution in [-0.2, 0) is 34.2 Å². The molecule has 2 N–H and O–H groups in total. The van der Waals surface area contributed by atoms with Crippen molar-refractivity contribution in [2.24, 2.45) is 0 Å². The van der Waals surface area contributed by atoms with E-state index in [1.54, 1.807) is 6.92 Å². The summed E-state index contributed by atoms with van der Waals surface area (Å²) in [6, 6.07) is 0.370. The van der Waals surface area contributed by atoms with Gasteiger partial charge in [-0.1, -0.05) is 6.58 Å². The Labute approximate surface area is 263 Å². The SMILES string of the molecule is C=C(C)C(=O)OC(CCC[Si](O[Si](C)(C)O[Si](C)(C)C)(O[Si](C)(C)O[Si](C)(C)C)O[Si](C)(C)O[Si](C)(C)C)C(O)CO. The third kappa shape index (κ3) is 19.0. The summed E-state index contributed by atoms with van der Waals surface area (Å²) in [5.74, 6) is -0.619. The van der Waals surface area contributed by atoms with Crippen molar-refractivity contribution in [1.29, 1.82) is 0 Å². The van der Waals surface area contributed by atoms with Crippen molar-refractivity contribution in [3.05, 3.63) is 12.2 Å². The first-order chi connectivity index (χ1) is 18.4. The largest absolute Gasteiger partial charge is 0.474 e. The van der Waals surface area contributed by atoms with Crippen LogP contribution in [0.4, 0.5) is 0 Å². The number of carbonyl (C=O) groups is 1. The van der Waals surface area contributed by atoms with Crippen LogP contribution in [0.2, 0.25) is 104 Å². The molecule has 42 heavy (non-hydrogen) atoms. The van der Waals surface area contributed by atoms with Crippen LogP contribution in [0.15, 0.2) is 12.2 Å². The second kappa shape index (κ2) is 15.8. The molecule has 250 valence electrons. The monoisotopic (exact) mass is 718 g/mol. The molecule has 0 aromatic rings. The lowest BCUT2D eigenvalue weighted by Crippen LogP contribution is -2.66. The van der Waals surface area contributed by atoms with E-state index in [0.717, 1.165) is 0 Å². The lowest BCUT2D eigenvalue weighted by atomic mass is 10.1. The van der Waals surface area contributed by atoms with Crippen molar-refractivity contribution in [3.63, 3.8) is 0 Å². The first-order valence-corrected chi connectivity index (χ1v) is 35.4. The lowest BCUT2D eigenvalue weighted by molar-refractivity contribution is -0.152. The van der Waals surface area contributed by atoms with Crippen LogP contribution in [0, 0.1) is 0 Å². The molecule has 0 radical (unpaired) electrons. The third-order valence-electron chi connectivity index (χ3n) is 5.05. The average molecular weight is 719 g/mol. The number of carbonyl (C=O) groups excluding carboxylic acids is 1. The molecule has 2 atom stereocenters. The zero-order valence-corrected chi connectivity index (χ0v) is 36.4. The number of rotatable bonds is 20. The van der Waals surface area contributed by atoms with E-state index in [2.05, 4.69) is 65.5 Å². The standard InChI is InChI=1S/C25H62O10Si7/c1-22(2)25(28)29-24(23(27)21-26)19-18-20-42(33-39(12,13)30-36(3,4)5,34-40(14,15)31-37(6,7)8)35-41(16,17)32-38(9,10)11/h23-24,26-27H,1,18-21H2,2-17H3. The molecule has 2 unspecified atom stereocenters. The zero-order valence-electron chi connectivity index (χ0n) is 29.4. The summed E-state index contributed by atoms with van der Waals surface area (Å²) < 4.78 is 46.5. The van der Waals surface area contributed by atoms with Crippen LogP contribution >= 0.6 is 0 Å². The molecule has 0 aromatic carbocycles. The highest BCUT2D eigenvalue weighted by atomic mass is 28.5. The van der Waals surface area contributed by atoms with E-state index >= 15 is 0 Å². The minimum atomic E-state index is -3.60. The highest BCUT2D eigenvalue weighted by Crippen LogP contribution is 2.34.